The van der Waals surface area contributed by atoms with Gasteiger partial charge >= 0.3 is 0 Å². The summed E-state index contributed by atoms with van der Waals surface area (Å²) >= 11 is 0. The highest BCUT2D eigenvalue weighted by molar-refractivity contribution is 5.94. The van der Waals surface area contributed by atoms with Crippen molar-refractivity contribution in [1.82, 2.24) is 35.4 Å². The van der Waals surface area contributed by atoms with Crippen LogP contribution in [0.4, 0.5) is 8.78 Å². The molecule has 2 aromatic rings. The molecule has 2 saturated heterocycles. The van der Waals surface area contributed by atoms with E-state index >= 15 is 0 Å². The number of carbonyl (C=O) groups excluding carboxylic acids is 3. The van der Waals surface area contributed by atoms with Gasteiger partial charge in [-0.1, -0.05) is 23.4 Å². The Kier molecular flexibility index (Phi) is 16.8. The minimum Gasteiger partial charge on any atom is -0.378 e. The zero-order chi connectivity index (χ0) is 39.8. The highest BCUT2D eigenvalue weighted by Gasteiger charge is 2.50. The lowest BCUT2D eigenvalue weighted by molar-refractivity contribution is -0.135. The molecule has 3 atom stereocenters. The first-order valence-electron chi connectivity index (χ1n) is 18.9. The fraction of sp³-hybridized carbons (Fsp3) is 0.676. The number of alkyl halides is 2. The summed E-state index contributed by atoms with van der Waals surface area (Å²) in [6.45, 7) is 6.78. The van der Waals surface area contributed by atoms with Crippen molar-refractivity contribution in [3.8, 4) is 6.07 Å². The van der Waals surface area contributed by atoms with Gasteiger partial charge in [0.25, 0.3) is 5.92 Å². The van der Waals surface area contributed by atoms with Gasteiger partial charge in [-0.15, -0.1) is 5.10 Å². The third-order valence-corrected chi connectivity index (χ3v) is 9.59. The van der Waals surface area contributed by atoms with Crippen LogP contribution >= 0.6 is 0 Å². The molecule has 3 aliphatic heterocycles. The van der Waals surface area contributed by atoms with Gasteiger partial charge in [-0.05, 0) is 30.2 Å². The lowest BCUT2D eigenvalue weighted by Gasteiger charge is -2.22. The fourth-order valence-corrected chi connectivity index (χ4v) is 6.71. The lowest BCUT2D eigenvalue weighted by atomic mass is 9.99. The average Bonchev–Trinajstić information content (AvgIpc) is 3.98. The second-order valence-corrected chi connectivity index (χ2v) is 13.8. The average molecular weight is 791 g/mol. The maximum atomic E-state index is 13.9. The highest BCUT2D eigenvalue weighted by atomic mass is 19.3. The number of ether oxygens (including phenoxy) is 6. The van der Waals surface area contributed by atoms with E-state index in [1.807, 2.05) is 25.2 Å². The molecule has 3 aliphatic rings. The first kappa shape index (κ1) is 43.0. The number of nitrogens with one attached hydrogen (secondary N) is 2. The van der Waals surface area contributed by atoms with Crippen LogP contribution in [-0.4, -0.2) is 153 Å². The minimum absolute atomic E-state index is 0.000637. The summed E-state index contributed by atoms with van der Waals surface area (Å²) in [6, 6.07) is 5.28. The molecule has 0 bridgehead atoms. The number of halogens is 2. The zero-order valence-corrected chi connectivity index (χ0v) is 31.8. The summed E-state index contributed by atoms with van der Waals surface area (Å²) in [5.41, 5.74) is 3.61. The second kappa shape index (κ2) is 22.0. The number of hydrogen-bond donors (Lipinski definition) is 2. The quantitative estimate of drug-likeness (QED) is 0.133. The van der Waals surface area contributed by atoms with E-state index in [-0.39, 0.29) is 25.4 Å². The number of hydrogen-bond acceptors (Lipinski definition) is 13. The maximum absolute atomic E-state index is 13.9. The molecule has 0 unspecified atom stereocenters. The Balaban J connectivity index is 0.929. The number of benzene rings is 1. The van der Waals surface area contributed by atoms with Gasteiger partial charge < -0.3 is 48.9 Å². The molecule has 0 aliphatic carbocycles. The minimum atomic E-state index is -3.16. The third kappa shape index (κ3) is 12.9. The van der Waals surface area contributed by atoms with Crippen LogP contribution in [0, 0.1) is 17.2 Å². The van der Waals surface area contributed by atoms with Gasteiger partial charge in [0.15, 0.2) is 0 Å². The van der Waals surface area contributed by atoms with Gasteiger partial charge in [-0.3, -0.25) is 14.4 Å². The van der Waals surface area contributed by atoms with Gasteiger partial charge in [0, 0.05) is 38.4 Å². The van der Waals surface area contributed by atoms with Gasteiger partial charge in [-0.25, -0.2) is 13.5 Å². The number of rotatable bonds is 25. The van der Waals surface area contributed by atoms with Crippen molar-refractivity contribution in [3.05, 3.63) is 46.8 Å². The van der Waals surface area contributed by atoms with E-state index in [9.17, 15) is 28.4 Å². The Hall–Kier alpha value is -4.16. The van der Waals surface area contributed by atoms with Crippen LogP contribution in [0.5, 0.6) is 0 Å². The molecule has 0 saturated carbocycles. The van der Waals surface area contributed by atoms with E-state index in [0.29, 0.717) is 98.0 Å². The number of likely N-dealkylation sites (N-methyl/N-ethyl adjacent to an activating group) is 1. The van der Waals surface area contributed by atoms with E-state index in [1.165, 1.54) is 0 Å². The van der Waals surface area contributed by atoms with Crippen molar-refractivity contribution in [2.45, 2.75) is 63.5 Å². The summed E-state index contributed by atoms with van der Waals surface area (Å²) in [5.74, 6) is -5.39. The van der Waals surface area contributed by atoms with E-state index in [2.05, 4.69) is 20.9 Å². The Labute approximate surface area is 324 Å². The first-order valence-corrected chi connectivity index (χ1v) is 18.9. The van der Waals surface area contributed by atoms with Crippen LogP contribution in [-0.2, 0) is 69.0 Å². The third-order valence-electron chi connectivity index (χ3n) is 9.59. The predicted octanol–water partition coefficient (Wildman–Crippen LogP) is 0.642. The van der Waals surface area contributed by atoms with Crippen LogP contribution in [0.1, 0.15) is 41.6 Å². The molecule has 1 aromatic carbocycles. The predicted molar refractivity (Wildman–Crippen MR) is 193 cm³/mol. The SMILES string of the molecule is CNCCOCCOCCOCCOCCOCCOCc1cn(Cc2cccc3c2CN(C(=O)C[C@H]2C[C@H](C(=O)N4CC(F)(F)C[C@H]4C#N)NC2=O)C3)nn1. The molecule has 56 heavy (non-hydrogen) atoms. The molecule has 5 rings (SSSR count). The Morgan fingerprint density at radius 1 is 0.964 bits per heavy atom. The van der Waals surface area contributed by atoms with Crippen LogP contribution in [0.2, 0.25) is 0 Å². The number of likely N-dealkylation sites (tertiary alicyclic amines) is 1. The Morgan fingerprint density at radius 3 is 2.25 bits per heavy atom. The van der Waals surface area contributed by atoms with Crippen molar-refractivity contribution in [2.75, 3.05) is 92.8 Å². The van der Waals surface area contributed by atoms with Crippen molar-refractivity contribution < 1.29 is 51.6 Å². The molecule has 0 radical (unpaired) electrons. The molecule has 1 aromatic heterocycles. The van der Waals surface area contributed by atoms with Crippen LogP contribution in [0.15, 0.2) is 24.4 Å². The number of nitrogens with zero attached hydrogens (tertiary/aromatic N) is 6. The summed E-state index contributed by atoms with van der Waals surface area (Å²) < 4.78 is 62.5. The Bertz CT molecular complexity index is 1630. The van der Waals surface area contributed by atoms with Crippen LogP contribution in [0.3, 0.4) is 0 Å². The molecule has 0 spiro atoms. The van der Waals surface area contributed by atoms with Crippen molar-refractivity contribution >= 4 is 17.7 Å². The van der Waals surface area contributed by atoms with E-state index in [0.717, 1.165) is 28.1 Å². The monoisotopic (exact) mass is 790 g/mol. The van der Waals surface area contributed by atoms with Gasteiger partial charge in [0.2, 0.25) is 17.7 Å². The summed E-state index contributed by atoms with van der Waals surface area (Å²) in [5, 5.41) is 23.3. The molecule has 17 nitrogen and oxygen atoms in total. The van der Waals surface area contributed by atoms with Crippen molar-refractivity contribution in [1.29, 1.82) is 5.26 Å². The first-order chi connectivity index (χ1) is 27.2. The van der Waals surface area contributed by atoms with Gasteiger partial charge in [0.05, 0.1) is 105 Å². The molecule has 308 valence electrons. The smallest absolute Gasteiger partial charge is 0.268 e. The van der Waals surface area contributed by atoms with Gasteiger partial charge in [0.1, 0.15) is 17.8 Å². The number of aromatic nitrogens is 3. The Morgan fingerprint density at radius 2 is 1.61 bits per heavy atom. The number of nitriles is 1. The van der Waals surface area contributed by atoms with Gasteiger partial charge in [-0.2, -0.15) is 5.26 Å². The van der Waals surface area contributed by atoms with Crippen molar-refractivity contribution in [2.24, 2.45) is 5.92 Å². The number of carbonyl (C=O) groups is 3. The zero-order valence-electron chi connectivity index (χ0n) is 31.8. The topological polar surface area (TPSA) is 192 Å². The summed E-state index contributed by atoms with van der Waals surface area (Å²) in [4.78, 5) is 41.5. The molecule has 3 amide bonds. The fourth-order valence-electron chi connectivity index (χ4n) is 6.71. The van der Waals surface area contributed by atoms with E-state index < -0.39 is 48.7 Å². The normalized spacial score (nSPS) is 20.0. The largest absolute Gasteiger partial charge is 0.378 e. The molecule has 4 heterocycles. The highest BCUT2D eigenvalue weighted by Crippen LogP contribution is 2.34. The summed E-state index contributed by atoms with van der Waals surface area (Å²) in [6.07, 6.45) is 0.948. The van der Waals surface area contributed by atoms with E-state index in [1.54, 1.807) is 21.8 Å². The molecule has 2 fully saturated rings. The molecular formula is C37H52F2N8O9. The second-order valence-electron chi connectivity index (χ2n) is 13.8. The van der Waals surface area contributed by atoms with Crippen molar-refractivity contribution in [3.63, 3.8) is 0 Å². The van der Waals surface area contributed by atoms with Crippen LogP contribution in [0.25, 0.3) is 0 Å². The summed E-state index contributed by atoms with van der Waals surface area (Å²) in [7, 11) is 1.88. The molecule has 19 heteroatoms. The molecular weight excluding hydrogens is 738 g/mol. The number of amides is 3. The molecule has 2 N–H and O–H groups in total. The van der Waals surface area contributed by atoms with Crippen LogP contribution < -0.4 is 10.6 Å². The van der Waals surface area contributed by atoms with E-state index in [4.69, 9.17) is 28.4 Å². The lowest BCUT2D eigenvalue weighted by Crippen LogP contribution is -2.46. The number of fused-ring (bicyclic) bond motifs is 1. The standard InChI is InChI=1S/C37H52F2N8O9/c1-41-5-6-51-7-8-52-9-10-53-11-12-54-13-14-55-15-16-56-25-30-23-46(44-43-30)22-28-4-2-3-27-21-45(24-32(27)28)34(48)18-29-17-33(42-35(29)49)36(50)47-26-37(38,39)19-31(47)20-40/h2-4,23,29,31,33,41H,5-19,21-22,24-26H2,1H3,(H,42,49)/t29-,31+,33-/m1/s1. The maximum Gasteiger partial charge on any atom is 0.268 e.